The van der Waals surface area contributed by atoms with Gasteiger partial charge < -0.3 is 20.1 Å². The van der Waals surface area contributed by atoms with E-state index in [2.05, 4.69) is 6.92 Å². The molecule has 0 radical (unpaired) electrons. The molecule has 0 amide bonds. The lowest BCUT2D eigenvalue weighted by Crippen LogP contribution is -2.33. The van der Waals surface area contributed by atoms with E-state index in [0.29, 0.717) is 0 Å². The summed E-state index contributed by atoms with van der Waals surface area (Å²) in [6, 6.07) is 0. The number of aliphatic hydroxyl groups excluding tert-OH is 3. The highest BCUT2D eigenvalue weighted by molar-refractivity contribution is 4.89. The van der Waals surface area contributed by atoms with Crippen LogP contribution >= 0.6 is 0 Å². The Balaban J connectivity index is 2.11. The lowest BCUT2D eigenvalue weighted by Gasteiger charge is -2.14. The average Bonchev–Trinajstić information content (AvgIpc) is 2.61. The number of hydrogen-bond acceptors (Lipinski definition) is 4. The van der Waals surface area contributed by atoms with Gasteiger partial charge >= 0.3 is 0 Å². The second-order valence-corrected chi connectivity index (χ2v) is 4.93. The Kier molecular flexibility index (Phi) is 7.04. The molecule has 0 spiro atoms. The number of ether oxygens (including phenoxy) is 1. The van der Waals surface area contributed by atoms with Crippen LogP contribution in [-0.4, -0.2) is 46.3 Å². The largest absolute Gasteiger partial charge is 0.394 e. The van der Waals surface area contributed by atoms with Crippen LogP contribution < -0.4 is 0 Å². The van der Waals surface area contributed by atoms with Crippen LogP contribution in [0.3, 0.4) is 0 Å². The minimum Gasteiger partial charge on any atom is -0.394 e. The molecule has 0 saturated carbocycles. The maximum Gasteiger partial charge on any atom is 0.111 e. The van der Waals surface area contributed by atoms with Crippen molar-refractivity contribution in [3.63, 3.8) is 0 Å². The Bertz CT molecular complexity index is 198. The lowest BCUT2D eigenvalue weighted by molar-refractivity contribution is -0.0246. The normalized spacial score (nSPS) is 33.2. The number of rotatable bonds is 8. The van der Waals surface area contributed by atoms with Gasteiger partial charge in [-0.05, 0) is 6.42 Å². The van der Waals surface area contributed by atoms with Gasteiger partial charge in [0, 0.05) is 0 Å². The van der Waals surface area contributed by atoms with Crippen molar-refractivity contribution in [2.24, 2.45) is 0 Å². The smallest absolute Gasteiger partial charge is 0.111 e. The van der Waals surface area contributed by atoms with Crippen molar-refractivity contribution in [1.29, 1.82) is 0 Å². The molecule has 1 unspecified atom stereocenters. The lowest BCUT2D eigenvalue weighted by atomic mass is 10.0. The van der Waals surface area contributed by atoms with Gasteiger partial charge in [-0.2, -0.15) is 0 Å². The Morgan fingerprint density at radius 3 is 2.06 bits per heavy atom. The van der Waals surface area contributed by atoms with E-state index in [1.165, 1.54) is 25.7 Å². The van der Waals surface area contributed by atoms with Gasteiger partial charge in [0.05, 0.1) is 12.7 Å². The molecule has 1 aliphatic heterocycles. The molecule has 0 aromatic heterocycles. The zero-order chi connectivity index (χ0) is 12.7. The number of unbranched alkanes of at least 4 members (excludes halogenated alkanes) is 5. The van der Waals surface area contributed by atoms with Crippen molar-refractivity contribution in [3.8, 4) is 0 Å². The summed E-state index contributed by atoms with van der Waals surface area (Å²) in [6.07, 6.45) is 5.23. The van der Waals surface area contributed by atoms with Gasteiger partial charge in [-0.1, -0.05) is 45.4 Å². The number of aliphatic hydroxyl groups is 3. The minimum atomic E-state index is -0.940. The Hall–Kier alpha value is -0.160. The molecular weight excluding hydrogens is 220 g/mol. The van der Waals surface area contributed by atoms with Crippen molar-refractivity contribution >= 4 is 0 Å². The van der Waals surface area contributed by atoms with Crippen LogP contribution in [-0.2, 0) is 4.74 Å². The molecule has 3 N–H and O–H groups in total. The summed E-state index contributed by atoms with van der Waals surface area (Å²) >= 11 is 0. The quantitative estimate of drug-likeness (QED) is 0.563. The molecule has 4 nitrogen and oxygen atoms in total. The molecule has 17 heavy (non-hydrogen) atoms. The van der Waals surface area contributed by atoms with Crippen LogP contribution in [0, 0.1) is 0 Å². The van der Waals surface area contributed by atoms with Crippen LogP contribution in [0.2, 0.25) is 0 Å². The van der Waals surface area contributed by atoms with E-state index in [1.54, 1.807) is 0 Å². The maximum atomic E-state index is 9.71. The van der Waals surface area contributed by atoms with Gasteiger partial charge in [-0.15, -0.1) is 0 Å². The van der Waals surface area contributed by atoms with E-state index in [1.807, 2.05) is 0 Å². The molecule has 0 aromatic carbocycles. The van der Waals surface area contributed by atoms with Gasteiger partial charge in [0.1, 0.15) is 18.3 Å². The molecule has 0 aromatic rings. The Labute approximate surface area is 104 Å². The van der Waals surface area contributed by atoms with Crippen LogP contribution in [0.4, 0.5) is 0 Å². The van der Waals surface area contributed by atoms with Gasteiger partial charge in [0.25, 0.3) is 0 Å². The molecule has 1 rings (SSSR count). The molecule has 4 atom stereocenters. The van der Waals surface area contributed by atoms with Crippen LogP contribution in [0.15, 0.2) is 0 Å². The highest BCUT2D eigenvalue weighted by atomic mass is 16.6. The Morgan fingerprint density at radius 2 is 1.47 bits per heavy atom. The molecular formula is C13H26O4. The topological polar surface area (TPSA) is 69.9 Å². The zero-order valence-electron chi connectivity index (χ0n) is 10.7. The minimum absolute atomic E-state index is 0.231. The summed E-state index contributed by atoms with van der Waals surface area (Å²) in [5.41, 5.74) is 0. The average molecular weight is 246 g/mol. The van der Waals surface area contributed by atoms with Crippen molar-refractivity contribution in [3.05, 3.63) is 0 Å². The summed E-state index contributed by atoms with van der Waals surface area (Å²) in [4.78, 5) is 0. The predicted octanol–water partition coefficient (Wildman–Crippen LogP) is 1.22. The van der Waals surface area contributed by atoms with E-state index in [0.717, 1.165) is 19.3 Å². The van der Waals surface area contributed by atoms with Gasteiger partial charge in [0.15, 0.2) is 0 Å². The van der Waals surface area contributed by atoms with E-state index in [-0.39, 0.29) is 12.7 Å². The van der Waals surface area contributed by atoms with E-state index in [9.17, 15) is 10.2 Å². The van der Waals surface area contributed by atoms with Crippen molar-refractivity contribution < 1.29 is 20.1 Å². The summed E-state index contributed by atoms with van der Waals surface area (Å²) in [5, 5.41) is 28.2. The molecule has 1 aliphatic rings. The second-order valence-electron chi connectivity index (χ2n) is 4.93. The number of hydrogen-bond donors (Lipinski definition) is 3. The summed E-state index contributed by atoms with van der Waals surface area (Å²) in [6.45, 7) is 1.96. The first-order chi connectivity index (χ1) is 8.20. The highest BCUT2D eigenvalue weighted by Gasteiger charge is 2.41. The van der Waals surface area contributed by atoms with Gasteiger partial charge in [0.2, 0.25) is 0 Å². The second kappa shape index (κ2) is 8.03. The monoisotopic (exact) mass is 246 g/mol. The fourth-order valence-corrected chi connectivity index (χ4v) is 2.34. The van der Waals surface area contributed by atoms with Crippen LogP contribution in [0.25, 0.3) is 0 Å². The van der Waals surface area contributed by atoms with Gasteiger partial charge in [-0.25, -0.2) is 0 Å². The molecule has 1 heterocycles. The predicted molar refractivity (Wildman–Crippen MR) is 65.8 cm³/mol. The van der Waals surface area contributed by atoms with Crippen molar-refractivity contribution in [1.82, 2.24) is 0 Å². The highest BCUT2D eigenvalue weighted by Crippen LogP contribution is 2.25. The third-order valence-electron chi connectivity index (χ3n) is 3.48. The molecule has 0 bridgehead atoms. The molecule has 102 valence electrons. The summed E-state index contributed by atoms with van der Waals surface area (Å²) in [5.74, 6) is 0. The third kappa shape index (κ3) is 4.54. The molecule has 0 aliphatic carbocycles. The first-order valence-corrected chi connectivity index (χ1v) is 6.83. The first-order valence-electron chi connectivity index (χ1n) is 6.83. The van der Waals surface area contributed by atoms with Gasteiger partial charge in [-0.3, -0.25) is 0 Å². The fraction of sp³-hybridized carbons (Fsp3) is 1.00. The van der Waals surface area contributed by atoms with E-state index < -0.39 is 18.3 Å². The standard InChI is InChI=1S/C13H26O4/c1-2-3-4-5-6-7-8-10-12(15)13(16)11(9-14)17-10/h10-16H,2-9H2,1H3/t10?,11-,12+,13-/m1/s1. The third-order valence-corrected chi connectivity index (χ3v) is 3.48. The summed E-state index contributed by atoms with van der Waals surface area (Å²) in [7, 11) is 0. The summed E-state index contributed by atoms with van der Waals surface area (Å²) < 4.78 is 5.41. The van der Waals surface area contributed by atoms with Crippen LogP contribution in [0.5, 0.6) is 0 Å². The molecule has 1 saturated heterocycles. The van der Waals surface area contributed by atoms with E-state index >= 15 is 0 Å². The maximum absolute atomic E-state index is 9.71. The van der Waals surface area contributed by atoms with Crippen molar-refractivity contribution in [2.45, 2.75) is 76.3 Å². The molecule has 4 heteroatoms. The molecule has 1 fully saturated rings. The SMILES string of the molecule is CCCCCCCCC1O[C@H](CO)[C@@H](O)[C@H]1O. The first kappa shape index (κ1) is 14.9. The Morgan fingerprint density at radius 1 is 0.882 bits per heavy atom. The van der Waals surface area contributed by atoms with Crippen LogP contribution in [0.1, 0.15) is 51.9 Å². The zero-order valence-corrected chi connectivity index (χ0v) is 10.7. The van der Waals surface area contributed by atoms with E-state index in [4.69, 9.17) is 9.84 Å². The van der Waals surface area contributed by atoms with Crippen molar-refractivity contribution in [2.75, 3.05) is 6.61 Å². The fourth-order valence-electron chi connectivity index (χ4n) is 2.34.